The Kier molecular flexibility index (Phi) is 8.63. The van der Waals surface area contributed by atoms with E-state index in [0.29, 0.717) is 34.5 Å². The van der Waals surface area contributed by atoms with Gasteiger partial charge in [0.15, 0.2) is 0 Å². The molecular weight excluding hydrogens is 420 g/mol. The Hall–Kier alpha value is -1.99. The number of carbonyl (C=O) groups excluding carboxylic acids is 2. The maximum atomic E-state index is 12.8. The molecule has 2 aromatic rings. The van der Waals surface area contributed by atoms with Crippen LogP contribution in [0.25, 0.3) is 10.6 Å². The second kappa shape index (κ2) is 11.4. The molecule has 162 valence electrons. The van der Waals surface area contributed by atoms with Crippen LogP contribution in [0.5, 0.6) is 0 Å². The number of benzene rings is 1. The Labute approximate surface area is 187 Å². The second-order valence-electron chi connectivity index (χ2n) is 7.67. The molecule has 1 aliphatic heterocycles. The molecule has 1 unspecified atom stereocenters. The zero-order valence-electron chi connectivity index (χ0n) is 17.4. The van der Waals surface area contributed by atoms with E-state index in [4.69, 9.17) is 11.6 Å². The maximum absolute atomic E-state index is 12.8. The summed E-state index contributed by atoms with van der Waals surface area (Å²) >= 11 is 7.33. The fourth-order valence-corrected chi connectivity index (χ4v) is 4.67. The third kappa shape index (κ3) is 6.25. The topological polar surface area (TPSA) is 75.2 Å². The predicted molar refractivity (Wildman–Crippen MR) is 122 cm³/mol. The number of halogens is 1. The van der Waals surface area contributed by atoms with E-state index in [0.717, 1.165) is 24.8 Å². The molecule has 0 aliphatic carbocycles. The molecule has 2 heterocycles. The van der Waals surface area contributed by atoms with Crippen molar-refractivity contribution in [3.63, 3.8) is 0 Å². The lowest BCUT2D eigenvalue weighted by Crippen LogP contribution is -2.43. The van der Waals surface area contributed by atoms with Gasteiger partial charge in [-0.25, -0.2) is 0 Å². The highest BCUT2D eigenvalue weighted by atomic mass is 35.5. The molecule has 1 aliphatic rings. The highest BCUT2D eigenvalue weighted by molar-refractivity contribution is 7.18. The van der Waals surface area contributed by atoms with Crippen molar-refractivity contribution < 1.29 is 9.59 Å². The van der Waals surface area contributed by atoms with Crippen molar-refractivity contribution in [1.29, 1.82) is 0 Å². The van der Waals surface area contributed by atoms with Crippen LogP contribution in [-0.2, 0) is 9.59 Å². The number of likely N-dealkylation sites (tertiary alicyclic amines) is 1. The van der Waals surface area contributed by atoms with Crippen LogP contribution in [-0.4, -0.2) is 39.5 Å². The van der Waals surface area contributed by atoms with E-state index < -0.39 is 6.04 Å². The molecule has 1 aromatic carbocycles. The summed E-state index contributed by atoms with van der Waals surface area (Å²) in [4.78, 5) is 27.2. The largest absolute Gasteiger partial charge is 0.331 e. The highest BCUT2D eigenvalue weighted by Crippen LogP contribution is 2.29. The van der Waals surface area contributed by atoms with Gasteiger partial charge in [-0.3, -0.25) is 14.9 Å². The Morgan fingerprint density at radius 1 is 1.20 bits per heavy atom. The molecule has 1 fully saturated rings. The first-order chi connectivity index (χ1) is 14.6. The highest BCUT2D eigenvalue weighted by Gasteiger charge is 2.34. The van der Waals surface area contributed by atoms with Crippen molar-refractivity contribution in [2.45, 2.75) is 70.8 Å². The number of unbranched alkanes of at least 4 members (excludes halogenated alkanes) is 5. The van der Waals surface area contributed by atoms with E-state index in [1.165, 1.54) is 37.0 Å². The monoisotopic (exact) mass is 448 g/mol. The molecule has 1 N–H and O–H groups in total. The number of anilines is 1. The van der Waals surface area contributed by atoms with Crippen LogP contribution in [0.1, 0.15) is 64.7 Å². The zero-order valence-corrected chi connectivity index (χ0v) is 19.0. The summed E-state index contributed by atoms with van der Waals surface area (Å²) in [6.07, 6.45) is 8.92. The van der Waals surface area contributed by atoms with Gasteiger partial charge in [-0.05, 0) is 31.4 Å². The first-order valence-electron chi connectivity index (χ1n) is 10.8. The second-order valence-corrected chi connectivity index (χ2v) is 9.09. The molecule has 1 aromatic heterocycles. The fourth-order valence-electron chi connectivity index (χ4n) is 3.74. The van der Waals surface area contributed by atoms with Gasteiger partial charge in [0.2, 0.25) is 16.9 Å². The first-order valence-corrected chi connectivity index (χ1v) is 12.0. The summed E-state index contributed by atoms with van der Waals surface area (Å²) in [6, 6.07) is 6.94. The SMILES string of the molecule is CCCCCCCCC(=O)N1CCCC1C(=O)Nc1nnc(-c2cccc(Cl)c2)s1. The number of rotatable bonds is 10. The maximum Gasteiger partial charge on any atom is 0.249 e. The molecular formula is C22H29ClN4O2S. The predicted octanol–water partition coefficient (Wildman–Crippen LogP) is 5.54. The summed E-state index contributed by atoms with van der Waals surface area (Å²) in [5.41, 5.74) is 0.858. The van der Waals surface area contributed by atoms with Crippen molar-refractivity contribution >= 4 is 39.9 Å². The van der Waals surface area contributed by atoms with Gasteiger partial charge in [0, 0.05) is 23.6 Å². The van der Waals surface area contributed by atoms with Crippen molar-refractivity contribution in [1.82, 2.24) is 15.1 Å². The van der Waals surface area contributed by atoms with Crippen LogP contribution < -0.4 is 5.32 Å². The fraction of sp³-hybridized carbons (Fsp3) is 0.545. The Morgan fingerprint density at radius 3 is 2.80 bits per heavy atom. The van der Waals surface area contributed by atoms with Crippen LogP contribution in [0.15, 0.2) is 24.3 Å². The van der Waals surface area contributed by atoms with Crippen molar-refractivity contribution in [2.75, 3.05) is 11.9 Å². The Bertz CT molecular complexity index is 857. The summed E-state index contributed by atoms with van der Waals surface area (Å²) in [6.45, 7) is 2.85. The summed E-state index contributed by atoms with van der Waals surface area (Å²) < 4.78 is 0. The van der Waals surface area contributed by atoms with Crippen LogP contribution in [0.3, 0.4) is 0 Å². The first kappa shape index (κ1) is 22.7. The van der Waals surface area contributed by atoms with Crippen LogP contribution in [0.2, 0.25) is 5.02 Å². The van der Waals surface area contributed by atoms with Crippen molar-refractivity contribution in [3.05, 3.63) is 29.3 Å². The lowest BCUT2D eigenvalue weighted by atomic mass is 10.1. The molecule has 1 atom stereocenters. The summed E-state index contributed by atoms with van der Waals surface area (Å²) in [7, 11) is 0. The molecule has 0 saturated carbocycles. The quantitative estimate of drug-likeness (QED) is 0.484. The van der Waals surface area contributed by atoms with Crippen molar-refractivity contribution in [3.8, 4) is 10.6 Å². The lowest BCUT2D eigenvalue weighted by molar-refractivity contribution is -0.136. The van der Waals surface area contributed by atoms with Gasteiger partial charge < -0.3 is 4.90 Å². The molecule has 0 radical (unpaired) electrons. The average molecular weight is 449 g/mol. The minimum absolute atomic E-state index is 0.0834. The van der Waals surface area contributed by atoms with E-state index in [2.05, 4.69) is 22.4 Å². The van der Waals surface area contributed by atoms with E-state index in [1.54, 1.807) is 11.0 Å². The van der Waals surface area contributed by atoms with E-state index in [-0.39, 0.29) is 11.8 Å². The van der Waals surface area contributed by atoms with Gasteiger partial charge in [0.1, 0.15) is 11.0 Å². The molecule has 2 amide bonds. The number of aromatic nitrogens is 2. The normalized spacial score (nSPS) is 16.1. The molecule has 1 saturated heterocycles. The van der Waals surface area contributed by atoms with E-state index in [9.17, 15) is 9.59 Å². The number of carbonyl (C=O) groups is 2. The van der Waals surface area contributed by atoms with Gasteiger partial charge in [-0.1, -0.05) is 74.1 Å². The molecule has 8 heteroatoms. The molecule has 30 heavy (non-hydrogen) atoms. The van der Waals surface area contributed by atoms with Crippen LogP contribution in [0.4, 0.5) is 5.13 Å². The third-order valence-electron chi connectivity index (χ3n) is 5.35. The molecule has 0 bridgehead atoms. The molecule has 6 nitrogen and oxygen atoms in total. The lowest BCUT2D eigenvalue weighted by Gasteiger charge is -2.23. The van der Waals surface area contributed by atoms with E-state index >= 15 is 0 Å². The van der Waals surface area contributed by atoms with Gasteiger partial charge in [0.25, 0.3) is 0 Å². The summed E-state index contributed by atoms with van der Waals surface area (Å²) in [5, 5.41) is 12.8. The number of nitrogens with one attached hydrogen (secondary N) is 1. The van der Waals surface area contributed by atoms with Crippen LogP contribution >= 0.6 is 22.9 Å². The number of hydrogen-bond donors (Lipinski definition) is 1. The number of hydrogen-bond acceptors (Lipinski definition) is 5. The average Bonchev–Trinajstić information content (AvgIpc) is 3.40. The number of amides is 2. The summed E-state index contributed by atoms with van der Waals surface area (Å²) in [5.74, 6) is -0.0994. The smallest absolute Gasteiger partial charge is 0.249 e. The molecule has 0 spiro atoms. The third-order valence-corrected chi connectivity index (χ3v) is 6.47. The van der Waals surface area contributed by atoms with Crippen LogP contribution in [0, 0.1) is 0 Å². The Morgan fingerprint density at radius 2 is 2.00 bits per heavy atom. The zero-order chi connectivity index (χ0) is 21.3. The standard InChI is InChI=1S/C22H29ClN4O2S/c1-2-3-4-5-6-7-13-19(28)27-14-9-12-18(27)20(29)24-22-26-25-21(30-22)16-10-8-11-17(23)15-16/h8,10-11,15,18H,2-7,9,12-14H2,1H3,(H,24,26,29). The van der Waals surface area contributed by atoms with Gasteiger partial charge in [-0.2, -0.15) is 0 Å². The Balaban J connectivity index is 1.51. The minimum atomic E-state index is -0.420. The van der Waals surface area contributed by atoms with Gasteiger partial charge in [-0.15, -0.1) is 10.2 Å². The molecule has 3 rings (SSSR count). The van der Waals surface area contributed by atoms with E-state index in [1.807, 2.05) is 18.2 Å². The van der Waals surface area contributed by atoms with Gasteiger partial charge in [0.05, 0.1) is 0 Å². The van der Waals surface area contributed by atoms with Crippen molar-refractivity contribution in [2.24, 2.45) is 0 Å². The minimum Gasteiger partial charge on any atom is -0.331 e. The van der Waals surface area contributed by atoms with Gasteiger partial charge >= 0.3 is 0 Å². The number of nitrogens with zero attached hydrogens (tertiary/aromatic N) is 3.